The van der Waals surface area contributed by atoms with Gasteiger partial charge in [0.25, 0.3) is 0 Å². The van der Waals surface area contributed by atoms with Crippen LogP contribution in [0.2, 0.25) is 0 Å². The molecule has 0 unspecified atom stereocenters. The molecule has 0 bridgehead atoms. The van der Waals surface area contributed by atoms with Crippen molar-refractivity contribution in [2.45, 2.75) is 0 Å². The minimum atomic E-state index is 0.495. The molecule has 2 N–H and O–H groups in total. The van der Waals surface area contributed by atoms with E-state index in [9.17, 15) is 0 Å². The molecule has 2 rings (SSSR count). The maximum Gasteiger partial charge on any atom is 0.203 e. The molecule has 0 aliphatic carbocycles. The molecule has 0 atom stereocenters. The zero-order valence-electron chi connectivity index (χ0n) is 6.87. The average molecular weight is 382 g/mol. The highest BCUT2D eigenvalue weighted by Gasteiger charge is 2.05. The molecule has 1 aromatic carbocycles. The predicted octanol–water partition coefficient (Wildman–Crippen LogP) is 3.15. The summed E-state index contributed by atoms with van der Waals surface area (Å²) in [5.74, 6) is 0. The Morgan fingerprint density at radius 2 is 2.14 bits per heavy atom. The van der Waals surface area contributed by atoms with Gasteiger partial charge in [-0.05, 0) is 50.7 Å². The van der Waals surface area contributed by atoms with E-state index in [-0.39, 0.29) is 0 Å². The van der Waals surface area contributed by atoms with Gasteiger partial charge in [0.15, 0.2) is 0 Å². The molecule has 0 fully saturated rings. The number of hydrogen-bond acceptors (Lipinski definition) is 4. The van der Waals surface area contributed by atoms with Crippen molar-refractivity contribution in [2.75, 3.05) is 5.73 Å². The highest BCUT2D eigenvalue weighted by molar-refractivity contribution is 14.1. The molecular weight excluding hydrogens is 377 g/mol. The van der Waals surface area contributed by atoms with E-state index in [4.69, 9.17) is 5.73 Å². The number of anilines is 1. The summed E-state index contributed by atoms with van der Waals surface area (Å²) in [6.45, 7) is 0. The Kier molecular flexibility index (Phi) is 3.03. The van der Waals surface area contributed by atoms with Crippen LogP contribution in [-0.2, 0) is 0 Å². The second-order valence-corrected chi connectivity index (χ2v) is 5.60. The summed E-state index contributed by atoms with van der Waals surface area (Å²) < 4.78 is 2.23. The van der Waals surface area contributed by atoms with Crippen LogP contribution in [0.3, 0.4) is 0 Å². The van der Waals surface area contributed by atoms with Crippen molar-refractivity contribution in [1.82, 2.24) is 10.2 Å². The van der Waals surface area contributed by atoms with Crippen molar-refractivity contribution in [2.24, 2.45) is 0 Å². The van der Waals surface area contributed by atoms with Crippen LogP contribution in [-0.4, -0.2) is 10.2 Å². The molecule has 0 aliphatic rings. The lowest BCUT2D eigenvalue weighted by Crippen LogP contribution is -1.81. The first-order chi connectivity index (χ1) is 6.66. The SMILES string of the molecule is Nc1nnc(-c2ccc(I)c(Br)c2)s1. The quantitative estimate of drug-likeness (QED) is 0.772. The molecule has 0 saturated heterocycles. The maximum atomic E-state index is 5.52. The van der Waals surface area contributed by atoms with Gasteiger partial charge in [-0.25, -0.2) is 0 Å². The number of benzene rings is 1. The summed E-state index contributed by atoms with van der Waals surface area (Å²) in [5.41, 5.74) is 6.55. The lowest BCUT2D eigenvalue weighted by molar-refractivity contribution is 1.10. The zero-order valence-corrected chi connectivity index (χ0v) is 11.4. The standard InChI is InChI=1S/C8H5BrIN3S/c9-5-3-4(1-2-6(5)10)7-12-13-8(11)14-7/h1-3H,(H2,11,13). The van der Waals surface area contributed by atoms with Crippen molar-refractivity contribution in [3.05, 3.63) is 26.2 Å². The number of nitrogens with two attached hydrogens (primary N) is 1. The molecule has 14 heavy (non-hydrogen) atoms. The maximum absolute atomic E-state index is 5.52. The molecule has 0 amide bonds. The fourth-order valence-electron chi connectivity index (χ4n) is 0.980. The minimum Gasteiger partial charge on any atom is -0.374 e. The van der Waals surface area contributed by atoms with E-state index in [2.05, 4.69) is 48.7 Å². The molecule has 0 saturated carbocycles. The van der Waals surface area contributed by atoms with E-state index in [0.717, 1.165) is 15.0 Å². The Morgan fingerprint density at radius 3 is 2.71 bits per heavy atom. The lowest BCUT2D eigenvalue weighted by Gasteiger charge is -1.98. The first kappa shape index (κ1) is 10.3. The number of aromatic nitrogens is 2. The molecule has 1 heterocycles. The zero-order chi connectivity index (χ0) is 10.1. The van der Waals surface area contributed by atoms with Crippen LogP contribution in [0.5, 0.6) is 0 Å². The third-order valence-electron chi connectivity index (χ3n) is 1.61. The molecule has 0 spiro atoms. The van der Waals surface area contributed by atoms with Gasteiger partial charge in [-0.3, -0.25) is 0 Å². The largest absolute Gasteiger partial charge is 0.374 e. The van der Waals surface area contributed by atoms with E-state index in [0.29, 0.717) is 5.13 Å². The number of rotatable bonds is 1. The molecule has 72 valence electrons. The molecule has 0 aliphatic heterocycles. The van der Waals surface area contributed by atoms with E-state index in [1.54, 1.807) is 0 Å². The third-order valence-corrected chi connectivity index (χ3v) is 4.75. The topological polar surface area (TPSA) is 51.8 Å². The van der Waals surface area contributed by atoms with Crippen LogP contribution >= 0.6 is 49.9 Å². The van der Waals surface area contributed by atoms with Crippen LogP contribution < -0.4 is 5.73 Å². The summed E-state index contributed by atoms with van der Waals surface area (Å²) in [5, 5.41) is 9.09. The highest BCUT2D eigenvalue weighted by Crippen LogP contribution is 2.29. The normalized spacial score (nSPS) is 10.4. The van der Waals surface area contributed by atoms with Gasteiger partial charge in [-0.15, -0.1) is 10.2 Å². The van der Waals surface area contributed by atoms with Crippen LogP contribution in [0.25, 0.3) is 10.6 Å². The summed E-state index contributed by atoms with van der Waals surface area (Å²) in [6, 6.07) is 6.05. The molecule has 1 aromatic heterocycles. The van der Waals surface area contributed by atoms with Crippen LogP contribution in [0.15, 0.2) is 22.7 Å². The smallest absolute Gasteiger partial charge is 0.203 e. The lowest BCUT2D eigenvalue weighted by atomic mass is 10.2. The Balaban J connectivity index is 2.47. The van der Waals surface area contributed by atoms with Gasteiger partial charge < -0.3 is 5.73 Å². The van der Waals surface area contributed by atoms with Crippen LogP contribution in [0, 0.1) is 3.57 Å². The van der Waals surface area contributed by atoms with Crippen molar-refractivity contribution in [3.8, 4) is 10.6 Å². The van der Waals surface area contributed by atoms with Gasteiger partial charge in [0.2, 0.25) is 5.13 Å². The fraction of sp³-hybridized carbons (Fsp3) is 0. The van der Waals surface area contributed by atoms with E-state index in [1.165, 1.54) is 14.9 Å². The van der Waals surface area contributed by atoms with Gasteiger partial charge in [0, 0.05) is 13.6 Å². The Bertz CT molecular complexity index is 471. The summed E-state index contributed by atoms with van der Waals surface area (Å²) >= 11 is 7.12. The third kappa shape index (κ3) is 2.06. The van der Waals surface area contributed by atoms with Crippen LogP contribution in [0.4, 0.5) is 5.13 Å². The van der Waals surface area contributed by atoms with Crippen molar-refractivity contribution >= 4 is 55.0 Å². The highest BCUT2D eigenvalue weighted by atomic mass is 127. The van der Waals surface area contributed by atoms with Crippen LogP contribution in [0.1, 0.15) is 0 Å². The summed E-state index contributed by atoms with van der Waals surface area (Å²) in [4.78, 5) is 0. The van der Waals surface area contributed by atoms with Gasteiger partial charge >= 0.3 is 0 Å². The molecule has 6 heteroatoms. The molecule has 0 radical (unpaired) electrons. The molecule has 2 aromatic rings. The second-order valence-electron chi connectivity index (χ2n) is 2.57. The fourth-order valence-corrected chi connectivity index (χ4v) is 2.30. The van der Waals surface area contributed by atoms with E-state index in [1.807, 2.05) is 18.2 Å². The molecular formula is C8H5BrIN3S. The number of halogens is 2. The Morgan fingerprint density at radius 1 is 1.36 bits per heavy atom. The predicted molar refractivity (Wildman–Crippen MR) is 70.2 cm³/mol. The van der Waals surface area contributed by atoms with Gasteiger partial charge in [0.05, 0.1) is 0 Å². The summed E-state index contributed by atoms with van der Waals surface area (Å²) in [6.07, 6.45) is 0. The Hall–Kier alpha value is -0.210. The average Bonchev–Trinajstić information content (AvgIpc) is 2.57. The van der Waals surface area contributed by atoms with Gasteiger partial charge in [-0.1, -0.05) is 17.4 Å². The van der Waals surface area contributed by atoms with Gasteiger partial charge in [0.1, 0.15) is 5.01 Å². The van der Waals surface area contributed by atoms with Crippen molar-refractivity contribution < 1.29 is 0 Å². The van der Waals surface area contributed by atoms with E-state index < -0.39 is 0 Å². The number of nitrogen functional groups attached to an aromatic ring is 1. The number of hydrogen-bond donors (Lipinski definition) is 1. The number of nitrogens with zero attached hydrogens (tertiary/aromatic N) is 2. The van der Waals surface area contributed by atoms with Crippen molar-refractivity contribution in [3.63, 3.8) is 0 Å². The monoisotopic (exact) mass is 381 g/mol. The summed E-state index contributed by atoms with van der Waals surface area (Å²) in [7, 11) is 0. The van der Waals surface area contributed by atoms with E-state index >= 15 is 0 Å². The first-order valence-corrected chi connectivity index (χ1v) is 6.40. The van der Waals surface area contributed by atoms with Gasteiger partial charge in [-0.2, -0.15) is 0 Å². The molecule has 3 nitrogen and oxygen atoms in total. The Labute approximate surface area is 107 Å². The van der Waals surface area contributed by atoms with Crippen molar-refractivity contribution in [1.29, 1.82) is 0 Å². The second kappa shape index (κ2) is 4.11. The first-order valence-electron chi connectivity index (χ1n) is 3.71. The minimum absolute atomic E-state index is 0.495.